The summed E-state index contributed by atoms with van der Waals surface area (Å²) in [5, 5.41) is 6.76. The van der Waals surface area contributed by atoms with Crippen molar-refractivity contribution in [2.24, 2.45) is 0 Å². The lowest BCUT2D eigenvalue weighted by Crippen LogP contribution is -2.48. The molecular formula is C16H23ClN2O2. The lowest BCUT2D eigenvalue weighted by molar-refractivity contribution is 0.0923. The third-order valence-electron chi connectivity index (χ3n) is 4.48. The minimum absolute atomic E-state index is 0. The number of aryl methyl sites for hydroxylation is 1. The third kappa shape index (κ3) is 3.50. The Morgan fingerprint density at radius 2 is 1.95 bits per heavy atom. The van der Waals surface area contributed by atoms with Gasteiger partial charge in [-0.15, -0.1) is 12.4 Å². The van der Waals surface area contributed by atoms with Crippen molar-refractivity contribution in [3.8, 4) is 5.75 Å². The minimum Gasteiger partial charge on any atom is -0.496 e. The summed E-state index contributed by atoms with van der Waals surface area (Å²) in [6.45, 7) is 1.98. The molecule has 2 saturated heterocycles. The molecule has 0 radical (unpaired) electrons. The first-order valence-electron chi connectivity index (χ1n) is 7.37. The van der Waals surface area contributed by atoms with E-state index in [0.29, 0.717) is 23.7 Å². The van der Waals surface area contributed by atoms with Crippen LogP contribution in [-0.2, 0) is 0 Å². The highest BCUT2D eigenvalue weighted by Gasteiger charge is 2.34. The first kappa shape index (κ1) is 16.1. The number of methoxy groups -OCH3 is 1. The summed E-state index contributed by atoms with van der Waals surface area (Å²) in [5.41, 5.74) is 1.72. The van der Waals surface area contributed by atoms with Gasteiger partial charge in [0.15, 0.2) is 0 Å². The summed E-state index contributed by atoms with van der Waals surface area (Å²) in [4.78, 5) is 12.3. The summed E-state index contributed by atoms with van der Waals surface area (Å²) in [7, 11) is 1.63. The van der Waals surface area contributed by atoms with Gasteiger partial charge in [-0.3, -0.25) is 4.79 Å². The molecule has 1 amide bonds. The van der Waals surface area contributed by atoms with Crippen molar-refractivity contribution in [1.82, 2.24) is 10.6 Å². The molecule has 2 atom stereocenters. The van der Waals surface area contributed by atoms with E-state index >= 15 is 0 Å². The fourth-order valence-corrected chi connectivity index (χ4v) is 3.41. The topological polar surface area (TPSA) is 50.4 Å². The molecule has 2 N–H and O–H groups in total. The van der Waals surface area contributed by atoms with Gasteiger partial charge in [0, 0.05) is 23.7 Å². The minimum atomic E-state index is 0. The molecule has 2 heterocycles. The lowest BCUT2D eigenvalue weighted by atomic mass is 9.99. The molecule has 5 heteroatoms. The molecular weight excluding hydrogens is 288 g/mol. The standard InChI is InChI=1S/C16H22N2O2.ClH/c1-10-3-4-11(7-15(10)20-2)16(19)18-14-8-12-5-6-13(9-14)17-12;/h3-4,7,12-14,17H,5-6,8-9H2,1-2H3,(H,18,19);1H. The van der Waals surface area contributed by atoms with E-state index in [1.165, 1.54) is 12.8 Å². The monoisotopic (exact) mass is 310 g/mol. The molecule has 1 aromatic rings. The molecule has 116 valence electrons. The second-order valence-electron chi connectivity index (χ2n) is 5.96. The van der Waals surface area contributed by atoms with E-state index in [4.69, 9.17) is 4.74 Å². The molecule has 2 aliphatic heterocycles. The highest BCUT2D eigenvalue weighted by atomic mass is 35.5. The van der Waals surface area contributed by atoms with Gasteiger partial charge < -0.3 is 15.4 Å². The highest BCUT2D eigenvalue weighted by Crippen LogP contribution is 2.27. The van der Waals surface area contributed by atoms with Crippen molar-refractivity contribution in [2.75, 3.05) is 7.11 Å². The molecule has 2 bridgehead atoms. The maximum absolute atomic E-state index is 12.3. The number of ether oxygens (including phenoxy) is 1. The number of nitrogens with one attached hydrogen (secondary N) is 2. The van der Waals surface area contributed by atoms with Gasteiger partial charge in [0.2, 0.25) is 0 Å². The van der Waals surface area contributed by atoms with E-state index in [2.05, 4.69) is 10.6 Å². The number of halogens is 1. The molecule has 21 heavy (non-hydrogen) atoms. The second-order valence-corrected chi connectivity index (χ2v) is 5.96. The highest BCUT2D eigenvalue weighted by molar-refractivity contribution is 5.94. The van der Waals surface area contributed by atoms with Crippen LogP contribution in [0.4, 0.5) is 0 Å². The Morgan fingerprint density at radius 1 is 1.29 bits per heavy atom. The smallest absolute Gasteiger partial charge is 0.251 e. The maximum atomic E-state index is 12.3. The van der Waals surface area contributed by atoms with Crippen LogP contribution in [0.15, 0.2) is 18.2 Å². The summed E-state index contributed by atoms with van der Waals surface area (Å²) in [5.74, 6) is 0.776. The zero-order chi connectivity index (χ0) is 14.1. The molecule has 0 saturated carbocycles. The van der Waals surface area contributed by atoms with Crippen LogP contribution in [0.3, 0.4) is 0 Å². The number of hydrogen-bond donors (Lipinski definition) is 2. The lowest BCUT2D eigenvalue weighted by Gasteiger charge is -2.29. The van der Waals surface area contributed by atoms with Gasteiger partial charge in [0.25, 0.3) is 5.91 Å². The van der Waals surface area contributed by atoms with Gasteiger partial charge in [-0.05, 0) is 50.3 Å². The first-order chi connectivity index (χ1) is 9.65. The first-order valence-corrected chi connectivity index (χ1v) is 7.37. The molecule has 1 aromatic carbocycles. The molecule has 0 spiro atoms. The van der Waals surface area contributed by atoms with Crippen LogP contribution in [-0.4, -0.2) is 31.1 Å². The third-order valence-corrected chi connectivity index (χ3v) is 4.48. The summed E-state index contributed by atoms with van der Waals surface area (Å²) in [6.07, 6.45) is 4.58. The van der Waals surface area contributed by atoms with Crippen LogP contribution in [0.25, 0.3) is 0 Å². The Morgan fingerprint density at radius 3 is 2.57 bits per heavy atom. The Balaban J connectivity index is 0.00000161. The molecule has 2 unspecified atom stereocenters. The van der Waals surface area contributed by atoms with Crippen LogP contribution in [0.5, 0.6) is 5.75 Å². The molecule has 2 aliphatic rings. The normalized spacial score (nSPS) is 26.9. The molecule has 2 fully saturated rings. The fourth-order valence-electron chi connectivity index (χ4n) is 3.41. The van der Waals surface area contributed by atoms with Gasteiger partial charge in [0.1, 0.15) is 5.75 Å². The number of carbonyl (C=O) groups excluding carboxylic acids is 1. The summed E-state index contributed by atoms with van der Waals surface area (Å²) >= 11 is 0. The van der Waals surface area contributed by atoms with Crippen molar-refractivity contribution in [3.05, 3.63) is 29.3 Å². The Bertz CT molecular complexity index is 509. The van der Waals surface area contributed by atoms with Gasteiger partial charge in [-0.1, -0.05) is 6.07 Å². The van der Waals surface area contributed by atoms with Crippen LogP contribution in [0.2, 0.25) is 0 Å². The number of fused-ring (bicyclic) bond motifs is 2. The Hall–Kier alpha value is -1.26. The summed E-state index contributed by atoms with van der Waals surface area (Å²) in [6, 6.07) is 7.09. The van der Waals surface area contributed by atoms with Gasteiger partial charge in [0.05, 0.1) is 7.11 Å². The van der Waals surface area contributed by atoms with Crippen molar-refractivity contribution in [3.63, 3.8) is 0 Å². The van der Waals surface area contributed by atoms with Gasteiger partial charge in [-0.2, -0.15) is 0 Å². The van der Waals surface area contributed by atoms with Crippen LogP contribution >= 0.6 is 12.4 Å². The number of piperidine rings is 1. The predicted molar refractivity (Wildman–Crippen MR) is 85.4 cm³/mol. The SMILES string of the molecule is COc1cc(C(=O)NC2CC3CCC(C2)N3)ccc1C.Cl. The van der Waals surface area contributed by atoms with E-state index in [0.717, 1.165) is 24.2 Å². The maximum Gasteiger partial charge on any atom is 0.251 e. The van der Waals surface area contributed by atoms with E-state index in [1.807, 2.05) is 25.1 Å². The molecule has 0 aliphatic carbocycles. The van der Waals surface area contributed by atoms with E-state index < -0.39 is 0 Å². The van der Waals surface area contributed by atoms with Crippen LogP contribution in [0, 0.1) is 6.92 Å². The second kappa shape index (κ2) is 6.67. The van der Waals surface area contributed by atoms with Crippen LogP contribution < -0.4 is 15.4 Å². The van der Waals surface area contributed by atoms with Gasteiger partial charge >= 0.3 is 0 Å². The molecule has 0 aromatic heterocycles. The van der Waals surface area contributed by atoms with Crippen molar-refractivity contribution in [2.45, 2.75) is 50.7 Å². The number of rotatable bonds is 3. The van der Waals surface area contributed by atoms with Gasteiger partial charge in [-0.25, -0.2) is 0 Å². The van der Waals surface area contributed by atoms with Crippen molar-refractivity contribution in [1.29, 1.82) is 0 Å². The number of carbonyl (C=O) groups is 1. The zero-order valence-corrected chi connectivity index (χ0v) is 13.3. The van der Waals surface area contributed by atoms with E-state index in [1.54, 1.807) is 7.11 Å². The van der Waals surface area contributed by atoms with Crippen LogP contribution in [0.1, 0.15) is 41.6 Å². The molecule has 4 nitrogen and oxygen atoms in total. The average molecular weight is 311 g/mol. The Labute approximate surface area is 132 Å². The van der Waals surface area contributed by atoms with Crippen molar-refractivity contribution < 1.29 is 9.53 Å². The zero-order valence-electron chi connectivity index (χ0n) is 12.5. The summed E-state index contributed by atoms with van der Waals surface area (Å²) < 4.78 is 5.28. The predicted octanol–water partition coefficient (Wildman–Crippen LogP) is 2.44. The number of benzene rings is 1. The van der Waals surface area contributed by atoms with Crippen molar-refractivity contribution >= 4 is 18.3 Å². The van der Waals surface area contributed by atoms with E-state index in [-0.39, 0.29) is 18.3 Å². The Kier molecular flexibility index (Phi) is 5.12. The number of hydrogen-bond acceptors (Lipinski definition) is 3. The van der Waals surface area contributed by atoms with E-state index in [9.17, 15) is 4.79 Å². The quantitative estimate of drug-likeness (QED) is 0.901. The largest absolute Gasteiger partial charge is 0.496 e. The average Bonchev–Trinajstić information content (AvgIpc) is 2.78. The molecule has 3 rings (SSSR count). The fraction of sp³-hybridized carbons (Fsp3) is 0.562. The number of amides is 1.